The quantitative estimate of drug-likeness (QED) is 0.745. The lowest BCUT2D eigenvalue weighted by Crippen LogP contribution is -2.52. The van der Waals surface area contributed by atoms with Crippen LogP contribution in [0.3, 0.4) is 0 Å². The monoisotopic (exact) mass is 295 g/mol. The van der Waals surface area contributed by atoms with E-state index in [1.54, 1.807) is 0 Å². The van der Waals surface area contributed by atoms with Gasteiger partial charge in [-0.15, -0.1) is 0 Å². The maximum atomic E-state index is 12.0. The third-order valence-electron chi connectivity index (χ3n) is 5.36. The minimum Gasteiger partial charge on any atom is -0.389 e. The van der Waals surface area contributed by atoms with Gasteiger partial charge in [-0.05, 0) is 32.1 Å². The number of β-amino-alcohol motifs (C(OH)–C–C–N with tert-alkyl or cyclic N) is 1. The summed E-state index contributed by atoms with van der Waals surface area (Å²) in [7, 11) is 0. The van der Waals surface area contributed by atoms with Crippen molar-refractivity contribution in [2.75, 3.05) is 26.2 Å². The van der Waals surface area contributed by atoms with E-state index in [1.807, 2.05) is 4.90 Å². The fourth-order valence-electron chi connectivity index (χ4n) is 3.82. The average Bonchev–Trinajstić information content (AvgIpc) is 2.80. The Balaban J connectivity index is 1.49. The zero-order valence-corrected chi connectivity index (χ0v) is 12.5. The van der Waals surface area contributed by atoms with Crippen molar-refractivity contribution in [3.05, 3.63) is 0 Å². The lowest BCUT2D eigenvalue weighted by Gasteiger charge is -2.44. The Kier molecular flexibility index (Phi) is 3.92. The number of hydrogen-bond acceptors (Lipinski definition) is 4. The van der Waals surface area contributed by atoms with Crippen LogP contribution < -0.4 is 5.73 Å². The second kappa shape index (κ2) is 5.57. The van der Waals surface area contributed by atoms with Gasteiger partial charge < -0.3 is 20.6 Å². The van der Waals surface area contributed by atoms with Crippen molar-refractivity contribution in [3.63, 3.8) is 0 Å². The van der Waals surface area contributed by atoms with Crippen LogP contribution in [0.25, 0.3) is 0 Å². The molecule has 0 aromatic rings. The molecular formula is C15H25N3O3. The molecule has 6 nitrogen and oxygen atoms in total. The number of likely N-dealkylation sites (tertiary alicyclic amines) is 2. The normalized spacial score (nSPS) is 30.4. The number of carbonyl (C=O) groups excluding carboxylic acids is 2. The first-order chi connectivity index (χ1) is 9.97. The van der Waals surface area contributed by atoms with Crippen molar-refractivity contribution < 1.29 is 14.7 Å². The zero-order valence-electron chi connectivity index (χ0n) is 12.5. The molecule has 1 unspecified atom stereocenters. The first kappa shape index (κ1) is 14.8. The van der Waals surface area contributed by atoms with Gasteiger partial charge in [0, 0.05) is 38.6 Å². The van der Waals surface area contributed by atoms with Gasteiger partial charge in [0.2, 0.25) is 11.8 Å². The number of primary amides is 1. The summed E-state index contributed by atoms with van der Waals surface area (Å²) in [5, 5.41) is 10.2. The van der Waals surface area contributed by atoms with Crippen LogP contribution in [0.5, 0.6) is 0 Å². The third kappa shape index (κ3) is 3.06. The van der Waals surface area contributed by atoms with Gasteiger partial charge in [-0.1, -0.05) is 0 Å². The van der Waals surface area contributed by atoms with Crippen LogP contribution in [0.2, 0.25) is 0 Å². The highest BCUT2D eigenvalue weighted by Crippen LogP contribution is 2.33. The maximum Gasteiger partial charge on any atom is 0.223 e. The van der Waals surface area contributed by atoms with Crippen molar-refractivity contribution in [2.45, 2.75) is 50.2 Å². The Morgan fingerprint density at radius 1 is 1.33 bits per heavy atom. The molecule has 3 N–H and O–H groups in total. The van der Waals surface area contributed by atoms with Crippen LogP contribution in [-0.4, -0.2) is 64.5 Å². The molecule has 2 amide bonds. The molecule has 21 heavy (non-hydrogen) atoms. The number of nitrogens with zero attached hydrogens (tertiary/aromatic N) is 2. The molecule has 3 aliphatic rings. The smallest absolute Gasteiger partial charge is 0.223 e. The third-order valence-corrected chi connectivity index (χ3v) is 5.36. The Bertz CT molecular complexity index is 428. The molecule has 6 heteroatoms. The van der Waals surface area contributed by atoms with Crippen molar-refractivity contribution in [3.8, 4) is 0 Å². The summed E-state index contributed by atoms with van der Waals surface area (Å²) in [5.74, 6) is -0.614. The van der Waals surface area contributed by atoms with E-state index in [0.717, 1.165) is 51.7 Å². The molecule has 0 bridgehead atoms. The molecule has 3 rings (SSSR count). The summed E-state index contributed by atoms with van der Waals surface area (Å²) in [5.41, 5.74) is 4.85. The van der Waals surface area contributed by atoms with Gasteiger partial charge in [0.1, 0.15) is 0 Å². The largest absolute Gasteiger partial charge is 0.389 e. The van der Waals surface area contributed by atoms with E-state index in [-0.39, 0.29) is 30.2 Å². The number of amides is 2. The Morgan fingerprint density at radius 3 is 2.48 bits per heavy atom. The minimum atomic E-state index is -0.465. The molecule has 2 aliphatic heterocycles. The van der Waals surface area contributed by atoms with Gasteiger partial charge in [0.15, 0.2) is 0 Å². The molecule has 1 saturated carbocycles. The summed E-state index contributed by atoms with van der Waals surface area (Å²) in [4.78, 5) is 27.4. The number of piperidine rings is 1. The van der Waals surface area contributed by atoms with Crippen LogP contribution in [0, 0.1) is 5.92 Å². The summed E-state index contributed by atoms with van der Waals surface area (Å²) >= 11 is 0. The standard InChI is InChI=1S/C15H25N3O3/c16-14(20)11-8-13(19)18(9-11)12-2-6-17(7-3-12)10-15(21)4-1-5-15/h11-12,21H,1-10H2,(H2,16,20). The molecule has 2 heterocycles. The molecule has 1 atom stereocenters. The van der Waals surface area contributed by atoms with Gasteiger partial charge >= 0.3 is 0 Å². The van der Waals surface area contributed by atoms with Gasteiger partial charge in [-0.25, -0.2) is 0 Å². The molecule has 0 radical (unpaired) electrons. The molecule has 3 fully saturated rings. The van der Waals surface area contributed by atoms with Gasteiger partial charge in [0.05, 0.1) is 11.5 Å². The fourth-order valence-corrected chi connectivity index (χ4v) is 3.82. The van der Waals surface area contributed by atoms with Gasteiger partial charge in [-0.2, -0.15) is 0 Å². The SMILES string of the molecule is NC(=O)C1CC(=O)N(C2CCN(CC3(O)CCC3)CC2)C1. The number of nitrogens with two attached hydrogens (primary N) is 1. The molecule has 0 aromatic carbocycles. The minimum absolute atomic E-state index is 0.0647. The predicted octanol–water partition coefficient (Wildman–Crippen LogP) is -0.300. The summed E-state index contributed by atoms with van der Waals surface area (Å²) < 4.78 is 0. The average molecular weight is 295 g/mol. The molecular weight excluding hydrogens is 270 g/mol. The van der Waals surface area contributed by atoms with E-state index in [2.05, 4.69) is 4.90 Å². The first-order valence-corrected chi connectivity index (χ1v) is 8.00. The van der Waals surface area contributed by atoms with E-state index in [0.29, 0.717) is 6.54 Å². The summed E-state index contributed by atoms with van der Waals surface area (Å²) in [6.45, 7) is 3.08. The maximum absolute atomic E-state index is 12.0. The van der Waals surface area contributed by atoms with Crippen LogP contribution >= 0.6 is 0 Å². The van der Waals surface area contributed by atoms with E-state index in [1.165, 1.54) is 0 Å². The van der Waals surface area contributed by atoms with E-state index >= 15 is 0 Å². The summed E-state index contributed by atoms with van der Waals surface area (Å²) in [6, 6.07) is 0.231. The van der Waals surface area contributed by atoms with Crippen LogP contribution in [0.15, 0.2) is 0 Å². The predicted molar refractivity (Wildman–Crippen MR) is 77.3 cm³/mol. The van der Waals surface area contributed by atoms with Crippen LogP contribution in [0.1, 0.15) is 38.5 Å². The van der Waals surface area contributed by atoms with Crippen molar-refractivity contribution in [1.82, 2.24) is 9.80 Å². The van der Waals surface area contributed by atoms with E-state index in [9.17, 15) is 14.7 Å². The van der Waals surface area contributed by atoms with Crippen molar-refractivity contribution >= 4 is 11.8 Å². The number of aliphatic hydroxyl groups is 1. The molecule has 0 aromatic heterocycles. The fraction of sp³-hybridized carbons (Fsp3) is 0.867. The van der Waals surface area contributed by atoms with E-state index < -0.39 is 5.60 Å². The van der Waals surface area contributed by atoms with Crippen molar-refractivity contribution in [1.29, 1.82) is 0 Å². The lowest BCUT2D eigenvalue weighted by atomic mass is 9.79. The molecule has 1 aliphatic carbocycles. The van der Waals surface area contributed by atoms with E-state index in [4.69, 9.17) is 5.73 Å². The highest BCUT2D eigenvalue weighted by molar-refractivity contribution is 5.88. The number of hydrogen-bond donors (Lipinski definition) is 2. The number of carbonyl (C=O) groups is 2. The summed E-state index contributed by atoms with van der Waals surface area (Å²) in [6.07, 6.45) is 5.08. The lowest BCUT2D eigenvalue weighted by molar-refractivity contribution is -0.131. The van der Waals surface area contributed by atoms with Crippen LogP contribution in [0.4, 0.5) is 0 Å². The Labute approximate surface area is 125 Å². The second-order valence-electron chi connectivity index (χ2n) is 6.93. The van der Waals surface area contributed by atoms with Gasteiger partial charge in [0.25, 0.3) is 0 Å². The highest BCUT2D eigenvalue weighted by Gasteiger charge is 2.40. The Hall–Kier alpha value is -1.14. The topological polar surface area (TPSA) is 86.9 Å². The van der Waals surface area contributed by atoms with Crippen molar-refractivity contribution in [2.24, 2.45) is 11.7 Å². The molecule has 118 valence electrons. The zero-order chi connectivity index (χ0) is 15.0. The first-order valence-electron chi connectivity index (χ1n) is 8.00. The highest BCUT2D eigenvalue weighted by atomic mass is 16.3. The van der Waals surface area contributed by atoms with Gasteiger partial charge in [-0.3, -0.25) is 9.59 Å². The second-order valence-corrected chi connectivity index (χ2v) is 6.93. The Morgan fingerprint density at radius 2 is 2.00 bits per heavy atom. The number of rotatable bonds is 4. The van der Waals surface area contributed by atoms with Crippen LogP contribution in [-0.2, 0) is 9.59 Å². The molecule has 2 saturated heterocycles. The molecule has 0 spiro atoms.